The van der Waals surface area contributed by atoms with E-state index in [2.05, 4.69) is 12.2 Å². The molecule has 0 aromatic rings. The largest absolute Gasteiger partial charge is 0.382 e. The average Bonchev–Trinajstić information content (AvgIpc) is 3.02. The zero-order valence-electron chi connectivity index (χ0n) is 13.5. The van der Waals surface area contributed by atoms with Gasteiger partial charge >= 0.3 is 0 Å². The van der Waals surface area contributed by atoms with E-state index in [-0.39, 0.29) is 0 Å². The zero-order valence-corrected chi connectivity index (χ0v) is 13.5. The number of hydrogen-bond donors (Lipinski definition) is 1. The second-order valence-electron chi connectivity index (χ2n) is 5.12. The van der Waals surface area contributed by atoms with Gasteiger partial charge in [-0.2, -0.15) is 0 Å². The third-order valence-corrected chi connectivity index (χ3v) is 3.41. The molecule has 1 fully saturated rings. The van der Waals surface area contributed by atoms with Gasteiger partial charge in [-0.3, -0.25) is 0 Å². The maximum absolute atomic E-state index is 5.63. The summed E-state index contributed by atoms with van der Waals surface area (Å²) in [5, 5.41) is 3.43. The predicted molar refractivity (Wildman–Crippen MR) is 80.8 cm³/mol. The molecule has 6 nitrogen and oxygen atoms in total. The average molecular weight is 305 g/mol. The Bertz CT molecular complexity index is 224. The lowest BCUT2D eigenvalue weighted by atomic mass is 10.1. The van der Waals surface area contributed by atoms with Crippen molar-refractivity contribution in [3.8, 4) is 0 Å². The van der Waals surface area contributed by atoms with Crippen LogP contribution in [0.15, 0.2) is 0 Å². The summed E-state index contributed by atoms with van der Waals surface area (Å²) in [5.74, 6) is 0. The number of rotatable bonds is 14. The standard InChI is InChI=1S/C15H31NO5/c1-14(15-4-3-6-21-15)16-5-7-18-10-11-20-13-12-19-9-8-17-2/h14-16H,3-13H2,1-2H3. The molecule has 0 spiro atoms. The molecular formula is C15H31NO5. The molecule has 2 unspecified atom stereocenters. The van der Waals surface area contributed by atoms with Crippen molar-refractivity contribution in [3.63, 3.8) is 0 Å². The Morgan fingerprint density at radius 2 is 1.62 bits per heavy atom. The molecule has 0 radical (unpaired) electrons. The highest BCUT2D eigenvalue weighted by atomic mass is 16.6. The van der Waals surface area contributed by atoms with Crippen LogP contribution < -0.4 is 5.32 Å². The van der Waals surface area contributed by atoms with Crippen LogP contribution in [0.25, 0.3) is 0 Å². The van der Waals surface area contributed by atoms with E-state index in [1.165, 1.54) is 6.42 Å². The molecule has 0 saturated carbocycles. The summed E-state index contributed by atoms with van der Waals surface area (Å²) in [4.78, 5) is 0. The van der Waals surface area contributed by atoms with Crippen molar-refractivity contribution in [2.75, 3.05) is 66.5 Å². The predicted octanol–water partition coefficient (Wildman–Crippen LogP) is 0.840. The highest BCUT2D eigenvalue weighted by Gasteiger charge is 2.21. The van der Waals surface area contributed by atoms with Crippen LogP contribution in [-0.4, -0.2) is 78.7 Å². The fourth-order valence-corrected chi connectivity index (χ4v) is 2.17. The van der Waals surface area contributed by atoms with Gasteiger partial charge in [0.2, 0.25) is 0 Å². The second-order valence-corrected chi connectivity index (χ2v) is 5.12. The number of nitrogens with one attached hydrogen (secondary N) is 1. The Hall–Kier alpha value is -0.240. The Labute approximate surface area is 128 Å². The number of methoxy groups -OCH3 is 1. The van der Waals surface area contributed by atoms with E-state index in [0.29, 0.717) is 58.4 Å². The summed E-state index contributed by atoms with van der Waals surface area (Å²) in [6, 6.07) is 0.400. The van der Waals surface area contributed by atoms with Crippen LogP contribution in [0.1, 0.15) is 19.8 Å². The molecule has 1 aliphatic rings. The maximum atomic E-state index is 5.63. The molecule has 0 aliphatic carbocycles. The van der Waals surface area contributed by atoms with Gasteiger partial charge in [0.05, 0.1) is 52.4 Å². The van der Waals surface area contributed by atoms with Crippen LogP contribution in [0.2, 0.25) is 0 Å². The smallest absolute Gasteiger partial charge is 0.0726 e. The van der Waals surface area contributed by atoms with Crippen LogP contribution in [0, 0.1) is 0 Å². The lowest BCUT2D eigenvalue weighted by Crippen LogP contribution is -2.38. The van der Waals surface area contributed by atoms with E-state index < -0.39 is 0 Å². The van der Waals surface area contributed by atoms with Gasteiger partial charge in [-0.1, -0.05) is 0 Å². The lowest BCUT2D eigenvalue weighted by Gasteiger charge is -2.19. The molecule has 0 bridgehead atoms. The van der Waals surface area contributed by atoms with Gasteiger partial charge in [-0.05, 0) is 19.8 Å². The highest BCUT2D eigenvalue weighted by molar-refractivity contribution is 4.76. The first-order valence-corrected chi connectivity index (χ1v) is 7.91. The topological polar surface area (TPSA) is 58.2 Å². The first-order chi connectivity index (χ1) is 10.3. The van der Waals surface area contributed by atoms with Crippen LogP contribution in [0.3, 0.4) is 0 Å². The first-order valence-electron chi connectivity index (χ1n) is 7.91. The van der Waals surface area contributed by atoms with Crippen molar-refractivity contribution in [3.05, 3.63) is 0 Å². The zero-order chi connectivity index (χ0) is 15.2. The molecule has 0 aromatic heterocycles. The normalized spacial score (nSPS) is 20.0. The van der Waals surface area contributed by atoms with Crippen molar-refractivity contribution >= 4 is 0 Å². The fourth-order valence-electron chi connectivity index (χ4n) is 2.17. The van der Waals surface area contributed by atoms with Crippen LogP contribution in [-0.2, 0) is 23.7 Å². The quantitative estimate of drug-likeness (QED) is 0.480. The minimum absolute atomic E-state index is 0.367. The van der Waals surface area contributed by atoms with E-state index in [1.54, 1.807) is 7.11 Å². The molecule has 1 rings (SSSR count). The van der Waals surface area contributed by atoms with E-state index in [1.807, 2.05) is 0 Å². The summed E-state index contributed by atoms with van der Waals surface area (Å²) in [5.41, 5.74) is 0. The van der Waals surface area contributed by atoms with E-state index >= 15 is 0 Å². The molecule has 1 saturated heterocycles. The number of ether oxygens (including phenoxy) is 5. The van der Waals surface area contributed by atoms with Crippen molar-refractivity contribution in [2.45, 2.75) is 31.9 Å². The molecule has 1 heterocycles. The molecule has 6 heteroatoms. The van der Waals surface area contributed by atoms with Gasteiger partial charge < -0.3 is 29.0 Å². The van der Waals surface area contributed by atoms with Gasteiger partial charge in [-0.25, -0.2) is 0 Å². The Morgan fingerprint density at radius 3 is 2.19 bits per heavy atom. The third kappa shape index (κ3) is 10.2. The Morgan fingerprint density at radius 1 is 1.00 bits per heavy atom. The summed E-state index contributed by atoms with van der Waals surface area (Å²) >= 11 is 0. The van der Waals surface area contributed by atoms with E-state index in [0.717, 1.165) is 19.6 Å². The maximum Gasteiger partial charge on any atom is 0.0726 e. The number of hydrogen-bond acceptors (Lipinski definition) is 6. The minimum Gasteiger partial charge on any atom is -0.382 e. The van der Waals surface area contributed by atoms with E-state index in [9.17, 15) is 0 Å². The summed E-state index contributed by atoms with van der Waals surface area (Å²) in [6.07, 6.45) is 2.71. The van der Waals surface area contributed by atoms with Crippen LogP contribution in [0.5, 0.6) is 0 Å². The van der Waals surface area contributed by atoms with Crippen LogP contribution in [0.4, 0.5) is 0 Å². The molecule has 1 aliphatic heterocycles. The van der Waals surface area contributed by atoms with Crippen molar-refractivity contribution in [1.82, 2.24) is 5.32 Å². The van der Waals surface area contributed by atoms with Crippen molar-refractivity contribution < 1.29 is 23.7 Å². The molecule has 0 amide bonds. The molecule has 0 aromatic carbocycles. The van der Waals surface area contributed by atoms with Crippen molar-refractivity contribution in [1.29, 1.82) is 0 Å². The monoisotopic (exact) mass is 305 g/mol. The summed E-state index contributed by atoms with van der Waals surface area (Å²) < 4.78 is 26.7. The van der Waals surface area contributed by atoms with Gasteiger partial charge in [-0.15, -0.1) is 0 Å². The molecule has 21 heavy (non-hydrogen) atoms. The third-order valence-electron chi connectivity index (χ3n) is 3.41. The van der Waals surface area contributed by atoms with Gasteiger partial charge in [0.25, 0.3) is 0 Å². The molecule has 126 valence electrons. The fraction of sp³-hybridized carbons (Fsp3) is 1.00. The SMILES string of the molecule is COCCOCCOCCOCCNC(C)C1CCCO1. The summed E-state index contributed by atoms with van der Waals surface area (Å²) in [7, 11) is 1.66. The Balaban J connectivity index is 1.74. The lowest BCUT2D eigenvalue weighted by molar-refractivity contribution is 0.00336. The molecule has 1 N–H and O–H groups in total. The Kier molecular flexibility index (Phi) is 12.0. The molecule has 2 atom stereocenters. The highest BCUT2D eigenvalue weighted by Crippen LogP contribution is 2.14. The van der Waals surface area contributed by atoms with E-state index in [4.69, 9.17) is 23.7 Å². The second kappa shape index (κ2) is 13.4. The molecular weight excluding hydrogens is 274 g/mol. The van der Waals surface area contributed by atoms with Gasteiger partial charge in [0.15, 0.2) is 0 Å². The summed E-state index contributed by atoms with van der Waals surface area (Å²) in [6.45, 7) is 8.29. The minimum atomic E-state index is 0.367. The first kappa shape index (κ1) is 18.8. The van der Waals surface area contributed by atoms with Gasteiger partial charge in [0, 0.05) is 26.3 Å². The van der Waals surface area contributed by atoms with Crippen LogP contribution >= 0.6 is 0 Å². The van der Waals surface area contributed by atoms with Crippen molar-refractivity contribution in [2.24, 2.45) is 0 Å². The van der Waals surface area contributed by atoms with Gasteiger partial charge in [0.1, 0.15) is 0 Å².